The number of rotatable bonds is 5. The molecule has 1 aromatic carbocycles. The number of hydrogen-bond acceptors (Lipinski definition) is 6. The monoisotopic (exact) mass is 370 g/mol. The number of aromatic hydroxyl groups is 2. The topological polar surface area (TPSA) is 88.9 Å². The van der Waals surface area contributed by atoms with Crippen LogP contribution in [0, 0.1) is 6.92 Å². The van der Waals surface area contributed by atoms with Gasteiger partial charge in [0.2, 0.25) is 0 Å². The van der Waals surface area contributed by atoms with Crippen molar-refractivity contribution in [1.82, 2.24) is 15.2 Å². The van der Waals surface area contributed by atoms with E-state index in [2.05, 4.69) is 27.0 Å². The van der Waals surface area contributed by atoms with E-state index in [1.807, 2.05) is 12.1 Å². The van der Waals surface area contributed by atoms with E-state index >= 15 is 0 Å². The molecule has 1 saturated heterocycles. The van der Waals surface area contributed by atoms with Gasteiger partial charge in [0.1, 0.15) is 5.82 Å². The first kappa shape index (κ1) is 19.0. The number of piperazine rings is 1. The van der Waals surface area contributed by atoms with Crippen LogP contribution < -0.4 is 10.2 Å². The molecular weight excluding hydrogens is 344 g/mol. The maximum Gasteiger partial charge on any atom is 0.255 e. The predicted molar refractivity (Wildman–Crippen MR) is 104 cm³/mol. The van der Waals surface area contributed by atoms with Crippen LogP contribution in [0.2, 0.25) is 0 Å². The van der Waals surface area contributed by atoms with Gasteiger partial charge in [-0.2, -0.15) is 0 Å². The first-order chi connectivity index (χ1) is 13.0. The lowest BCUT2D eigenvalue weighted by Crippen LogP contribution is -2.46. The number of aromatic nitrogens is 1. The van der Waals surface area contributed by atoms with E-state index in [9.17, 15) is 15.0 Å². The Balaban J connectivity index is 1.57. The second kappa shape index (κ2) is 8.26. The summed E-state index contributed by atoms with van der Waals surface area (Å²) in [5, 5.41) is 22.4. The number of phenols is 2. The summed E-state index contributed by atoms with van der Waals surface area (Å²) in [4.78, 5) is 21.5. The molecule has 1 aliphatic rings. The summed E-state index contributed by atoms with van der Waals surface area (Å²) < 4.78 is 0. The van der Waals surface area contributed by atoms with Crippen molar-refractivity contribution in [2.24, 2.45) is 0 Å². The molecule has 0 aliphatic carbocycles. The third kappa shape index (κ3) is 4.31. The van der Waals surface area contributed by atoms with Crippen molar-refractivity contribution >= 4 is 11.7 Å². The minimum atomic E-state index is -0.442. The van der Waals surface area contributed by atoms with Crippen LogP contribution in [0.15, 0.2) is 30.5 Å². The highest BCUT2D eigenvalue weighted by atomic mass is 16.3. The number of likely N-dealkylation sites (N-methyl/N-ethyl adjacent to an activating group) is 1. The number of carbonyl (C=O) groups excluding carboxylic acids is 1. The van der Waals surface area contributed by atoms with E-state index in [4.69, 9.17) is 0 Å². The Hall–Kier alpha value is -2.80. The summed E-state index contributed by atoms with van der Waals surface area (Å²) in [7, 11) is 0. The molecule has 2 aromatic rings. The minimum absolute atomic E-state index is 0.0523. The summed E-state index contributed by atoms with van der Waals surface area (Å²) in [6, 6.07) is 7.01. The molecule has 2 heterocycles. The number of hydrogen-bond donors (Lipinski definition) is 3. The van der Waals surface area contributed by atoms with Crippen LogP contribution in [0.4, 0.5) is 5.82 Å². The molecule has 0 radical (unpaired) electrons. The summed E-state index contributed by atoms with van der Waals surface area (Å²) in [6.45, 7) is 9.23. The average molecular weight is 370 g/mol. The Labute approximate surface area is 159 Å². The quantitative estimate of drug-likeness (QED) is 0.697. The van der Waals surface area contributed by atoms with Crippen LogP contribution in [-0.4, -0.2) is 58.7 Å². The normalized spacial score (nSPS) is 15.0. The number of amides is 1. The van der Waals surface area contributed by atoms with Gasteiger partial charge in [-0.05, 0) is 36.7 Å². The van der Waals surface area contributed by atoms with Crippen molar-refractivity contribution < 1.29 is 15.0 Å². The fourth-order valence-corrected chi connectivity index (χ4v) is 3.14. The SMILES string of the molecule is CCN1CCN(c2ccc(CNC(=O)c3ccc(C)c(O)c3O)cn2)CC1. The van der Waals surface area contributed by atoms with Gasteiger partial charge in [-0.15, -0.1) is 0 Å². The fraction of sp³-hybridized carbons (Fsp3) is 0.400. The highest BCUT2D eigenvalue weighted by Crippen LogP contribution is 2.31. The van der Waals surface area contributed by atoms with Crippen LogP contribution in [0.3, 0.4) is 0 Å². The molecule has 7 heteroatoms. The second-order valence-corrected chi connectivity index (χ2v) is 6.76. The maximum atomic E-state index is 12.3. The number of aryl methyl sites for hydroxylation is 1. The molecular formula is C20H26N4O3. The molecule has 1 amide bonds. The lowest BCUT2D eigenvalue weighted by Gasteiger charge is -2.34. The largest absolute Gasteiger partial charge is 0.504 e. The Morgan fingerprint density at radius 2 is 1.85 bits per heavy atom. The first-order valence-corrected chi connectivity index (χ1v) is 9.21. The van der Waals surface area contributed by atoms with Crippen molar-refractivity contribution in [1.29, 1.82) is 0 Å². The number of carbonyl (C=O) groups is 1. The van der Waals surface area contributed by atoms with Gasteiger partial charge in [-0.1, -0.05) is 19.1 Å². The zero-order valence-corrected chi connectivity index (χ0v) is 15.8. The number of anilines is 1. The molecule has 0 spiro atoms. The zero-order chi connectivity index (χ0) is 19.4. The third-order valence-corrected chi connectivity index (χ3v) is 5.00. The van der Waals surface area contributed by atoms with Crippen molar-refractivity contribution in [2.75, 3.05) is 37.6 Å². The number of benzene rings is 1. The molecule has 0 bridgehead atoms. The van der Waals surface area contributed by atoms with Crippen molar-refractivity contribution in [3.05, 3.63) is 47.2 Å². The summed E-state index contributed by atoms with van der Waals surface area (Å²) in [6.07, 6.45) is 1.76. The molecule has 7 nitrogen and oxygen atoms in total. The first-order valence-electron chi connectivity index (χ1n) is 9.21. The van der Waals surface area contributed by atoms with Gasteiger partial charge < -0.3 is 25.3 Å². The Morgan fingerprint density at radius 1 is 1.11 bits per heavy atom. The highest BCUT2D eigenvalue weighted by Gasteiger charge is 2.17. The van der Waals surface area contributed by atoms with Gasteiger partial charge in [0.25, 0.3) is 5.91 Å². The minimum Gasteiger partial charge on any atom is -0.504 e. The third-order valence-electron chi connectivity index (χ3n) is 5.00. The maximum absolute atomic E-state index is 12.3. The molecule has 3 rings (SSSR count). The number of pyridine rings is 1. The van der Waals surface area contributed by atoms with Gasteiger partial charge in [0, 0.05) is 38.9 Å². The van der Waals surface area contributed by atoms with E-state index in [-0.39, 0.29) is 11.3 Å². The summed E-state index contributed by atoms with van der Waals surface area (Å²) >= 11 is 0. The standard InChI is InChI=1S/C20H26N4O3/c1-3-23-8-10-24(11-9-23)17-7-5-15(12-21-17)13-22-20(27)16-6-4-14(2)18(25)19(16)26/h4-7,12,25-26H,3,8-11,13H2,1-2H3,(H,22,27). The Kier molecular flexibility index (Phi) is 5.81. The Bertz CT molecular complexity index is 800. The lowest BCUT2D eigenvalue weighted by molar-refractivity contribution is 0.0947. The predicted octanol–water partition coefficient (Wildman–Crippen LogP) is 1.87. The molecule has 1 aliphatic heterocycles. The molecule has 0 saturated carbocycles. The number of phenolic OH excluding ortho intramolecular Hbond substituents is 2. The van der Waals surface area contributed by atoms with Crippen molar-refractivity contribution in [3.8, 4) is 11.5 Å². The molecule has 1 fully saturated rings. The lowest BCUT2D eigenvalue weighted by atomic mass is 10.1. The number of nitrogens with one attached hydrogen (secondary N) is 1. The van der Waals surface area contributed by atoms with Gasteiger partial charge >= 0.3 is 0 Å². The fourth-order valence-electron chi connectivity index (χ4n) is 3.14. The van der Waals surface area contributed by atoms with Crippen molar-refractivity contribution in [3.63, 3.8) is 0 Å². The summed E-state index contributed by atoms with van der Waals surface area (Å²) in [5.74, 6) is -0.159. The van der Waals surface area contributed by atoms with E-state index < -0.39 is 11.7 Å². The molecule has 144 valence electrons. The zero-order valence-electron chi connectivity index (χ0n) is 15.8. The van der Waals surface area contributed by atoms with Gasteiger partial charge in [0.05, 0.1) is 5.56 Å². The van der Waals surface area contributed by atoms with E-state index in [1.54, 1.807) is 19.2 Å². The van der Waals surface area contributed by atoms with Crippen LogP contribution in [-0.2, 0) is 6.54 Å². The van der Waals surface area contributed by atoms with Gasteiger partial charge in [-0.25, -0.2) is 4.98 Å². The van der Waals surface area contributed by atoms with E-state index in [0.717, 1.165) is 44.1 Å². The summed E-state index contributed by atoms with van der Waals surface area (Å²) in [5.41, 5.74) is 1.44. The smallest absolute Gasteiger partial charge is 0.255 e. The van der Waals surface area contributed by atoms with Gasteiger partial charge in [-0.3, -0.25) is 4.79 Å². The molecule has 0 atom stereocenters. The van der Waals surface area contributed by atoms with Crippen LogP contribution in [0.5, 0.6) is 11.5 Å². The molecule has 3 N–H and O–H groups in total. The number of nitrogens with zero attached hydrogens (tertiary/aromatic N) is 3. The molecule has 0 unspecified atom stereocenters. The van der Waals surface area contributed by atoms with E-state index in [0.29, 0.717) is 12.1 Å². The van der Waals surface area contributed by atoms with Crippen LogP contribution in [0.1, 0.15) is 28.4 Å². The second-order valence-electron chi connectivity index (χ2n) is 6.76. The van der Waals surface area contributed by atoms with E-state index in [1.165, 1.54) is 6.07 Å². The van der Waals surface area contributed by atoms with Crippen LogP contribution >= 0.6 is 0 Å². The average Bonchev–Trinajstić information content (AvgIpc) is 2.71. The van der Waals surface area contributed by atoms with Crippen molar-refractivity contribution in [2.45, 2.75) is 20.4 Å². The van der Waals surface area contributed by atoms with Crippen LogP contribution in [0.25, 0.3) is 0 Å². The Morgan fingerprint density at radius 3 is 2.48 bits per heavy atom. The molecule has 1 aromatic heterocycles. The van der Waals surface area contributed by atoms with Gasteiger partial charge in [0.15, 0.2) is 11.5 Å². The highest BCUT2D eigenvalue weighted by molar-refractivity contribution is 5.97. The molecule has 27 heavy (non-hydrogen) atoms.